The zero-order valence-electron chi connectivity index (χ0n) is 12.0. The third-order valence-corrected chi connectivity index (χ3v) is 2.57. The van der Waals surface area contributed by atoms with Crippen molar-refractivity contribution >= 4 is 5.97 Å². The quantitative estimate of drug-likeness (QED) is 0.832. The molecule has 0 bridgehead atoms. The van der Waals surface area contributed by atoms with Crippen LogP contribution in [0.5, 0.6) is 0 Å². The zero-order valence-corrected chi connectivity index (χ0v) is 12.0. The summed E-state index contributed by atoms with van der Waals surface area (Å²) in [7, 11) is 0. The Balaban J connectivity index is 2.38. The average Bonchev–Trinajstić information content (AvgIpc) is 2.26. The minimum absolute atomic E-state index is 0.136. The summed E-state index contributed by atoms with van der Waals surface area (Å²) in [6.45, 7) is 7.83. The molecule has 0 radical (unpaired) electrons. The standard InChI is InChI=1S/C15H22FNO2/c1-11(12-7-5-6-8-13(12)16)17-10-9-14(18)19-15(2,3)4/h5-8,11,17H,9-10H2,1-4H3/t11-/m1/s1. The van der Waals surface area contributed by atoms with Gasteiger partial charge in [-0.25, -0.2) is 4.39 Å². The Hall–Kier alpha value is -1.42. The topological polar surface area (TPSA) is 38.3 Å². The van der Waals surface area contributed by atoms with E-state index in [2.05, 4.69) is 5.32 Å². The third-order valence-electron chi connectivity index (χ3n) is 2.57. The fraction of sp³-hybridized carbons (Fsp3) is 0.533. The van der Waals surface area contributed by atoms with Gasteiger partial charge >= 0.3 is 5.97 Å². The van der Waals surface area contributed by atoms with E-state index < -0.39 is 5.60 Å². The Morgan fingerprint density at radius 2 is 2.00 bits per heavy atom. The molecule has 0 amide bonds. The lowest BCUT2D eigenvalue weighted by Crippen LogP contribution is -2.28. The monoisotopic (exact) mass is 267 g/mol. The van der Waals surface area contributed by atoms with Crippen molar-refractivity contribution in [2.24, 2.45) is 0 Å². The zero-order chi connectivity index (χ0) is 14.5. The number of nitrogens with one attached hydrogen (secondary N) is 1. The largest absolute Gasteiger partial charge is 0.460 e. The van der Waals surface area contributed by atoms with Crippen LogP contribution in [0.25, 0.3) is 0 Å². The van der Waals surface area contributed by atoms with Gasteiger partial charge in [-0.3, -0.25) is 4.79 Å². The second-order valence-electron chi connectivity index (χ2n) is 5.53. The molecule has 19 heavy (non-hydrogen) atoms. The molecule has 1 aromatic rings. The minimum atomic E-state index is -0.464. The highest BCUT2D eigenvalue weighted by molar-refractivity contribution is 5.70. The molecule has 1 atom stereocenters. The van der Waals surface area contributed by atoms with Crippen molar-refractivity contribution in [3.63, 3.8) is 0 Å². The van der Waals surface area contributed by atoms with Gasteiger partial charge in [0.05, 0.1) is 6.42 Å². The first kappa shape index (κ1) is 15.6. The summed E-state index contributed by atoms with van der Waals surface area (Å²) in [6.07, 6.45) is 0.274. The Kier molecular flexibility index (Phi) is 5.48. The minimum Gasteiger partial charge on any atom is -0.460 e. The lowest BCUT2D eigenvalue weighted by atomic mass is 10.1. The van der Waals surface area contributed by atoms with Gasteiger partial charge in [-0.15, -0.1) is 0 Å². The van der Waals surface area contributed by atoms with E-state index in [4.69, 9.17) is 4.74 Å². The van der Waals surface area contributed by atoms with E-state index in [1.54, 1.807) is 18.2 Å². The van der Waals surface area contributed by atoms with E-state index in [0.717, 1.165) is 0 Å². The molecule has 0 aliphatic carbocycles. The van der Waals surface area contributed by atoms with Crippen molar-refractivity contribution in [2.45, 2.75) is 45.8 Å². The van der Waals surface area contributed by atoms with E-state index in [1.807, 2.05) is 27.7 Å². The van der Waals surface area contributed by atoms with Crippen LogP contribution in [0.4, 0.5) is 4.39 Å². The van der Waals surface area contributed by atoms with Crippen LogP contribution in [0.3, 0.4) is 0 Å². The lowest BCUT2D eigenvalue weighted by Gasteiger charge is -2.20. The number of benzene rings is 1. The van der Waals surface area contributed by atoms with Crippen LogP contribution in [0.2, 0.25) is 0 Å². The number of ether oxygens (including phenoxy) is 1. The maximum atomic E-state index is 13.5. The van der Waals surface area contributed by atoms with Crippen molar-refractivity contribution in [3.05, 3.63) is 35.6 Å². The van der Waals surface area contributed by atoms with Gasteiger partial charge in [0.2, 0.25) is 0 Å². The summed E-state index contributed by atoms with van der Waals surface area (Å²) in [5.74, 6) is -0.486. The predicted octanol–water partition coefficient (Wildman–Crippen LogP) is 3.21. The number of halogens is 1. The Morgan fingerprint density at radius 1 is 1.37 bits per heavy atom. The van der Waals surface area contributed by atoms with E-state index in [1.165, 1.54) is 6.07 Å². The highest BCUT2D eigenvalue weighted by Crippen LogP contribution is 2.16. The molecule has 0 saturated carbocycles. The molecule has 0 aliphatic heterocycles. The van der Waals surface area contributed by atoms with E-state index in [0.29, 0.717) is 12.1 Å². The third kappa shape index (κ3) is 5.83. The van der Waals surface area contributed by atoms with Gasteiger partial charge in [0.25, 0.3) is 0 Å². The van der Waals surface area contributed by atoms with Crippen LogP contribution in [0.1, 0.15) is 45.7 Å². The molecule has 1 rings (SSSR count). The maximum absolute atomic E-state index is 13.5. The Labute approximate surface area is 114 Å². The van der Waals surface area contributed by atoms with Crippen molar-refractivity contribution in [1.29, 1.82) is 0 Å². The summed E-state index contributed by atoms with van der Waals surface area (Å²) in [4.78, 5) is 11.5. The van der Waals surface area contributed by atoms with Crippen LogP contribution in [0, 0.1) is 5.82 Å². The van der Waals surface area contributed by atoms with Gasteiger partial charge in [-0.1, -0.05) is 18.2 Å². The molecular formula is C15H22FNO2. The van der Waals surface area contributed by atoms with Crippen molar-refractivity contribution in [3.8, 4) is 0 Å². The Bertz CT molecular complexity index is 426. The van der Waals surface area contributed by atoms with E-state index in [-0.39, 0.29) is 24.2 Å². The highest BCUT2D eigenvalue weighted by Gasteiger charge is 2.16. The second kappa shape index (κ2) is 6.66. The first-order valence-corrected chi connectivity index (χ1v) is 6.49. The summed E-state index contributed by atoms with van der Waals surface area (Å²) < 4.78 is 18.7. The average molecular weight is 267 g/mol. The summed E-state index contributed by atoms with van der Waals surface area (Å²) in [5.41, 5.74) is 0.139. The number of carbonyl (C=O) groups is 1. The van der Waals surface area contributed by atoms with Gasteiger partial charge in [-0.2, -0.15) is 0 Å². The number of esters is 1. The Morgan fingerprint density at radius 3 is 2.58 bits per heavy atom. The van der Waals surface area contributed by atoms with Crippen LogP contribution in [0.15, 0.2) is 24.3 Å². The summed E-state index contributed by atoms with van der Waals surface area (Å²) >= 11 is 0. The molecule has 4 heteroatoms. The highest BCUT2D eigenvalue weighted by atomic mass is 19.1. The van der Waals surface area contributed by atoms with Gasteiger partial charge in [-0.05, 0) is 33.8 Å². The van der Waals surface area contributed by atoms with E-state index in [9.17, 15) is 9.18 Å². The molecule has 1 N–H and O–H groups in total. The van der Waals surface area contributed by atoms with Crippen LogP contribution in [-0.2, 0) is 9.53 Å². The van der Waals surface area contributed by atoms with Crippen molar-refractivity contribution in [2.75, 3.05) is 6.54 Å². The summed E-state index contributed by atoms with van der Waals surface area (Å²) in [6, 6.07) is 6.49. The number of carbonyl (C=O) groups excluding carboxylic acids is 1. The van der Waals surface area contributed by atoms with Gasteiger partial charge in [0, 0.05) is 18.2 Å². The second-order valence-corrected chi connectivity index (χ2v) is 5.53. The fourth-order valence-electron chi connectivity index (χ4n) is 1.72. The molecule has 106 valence electrons. The molecule has 3 nitrogen and oxygen atoms in total. The number of rotatable bonds is 5. The SMILES string of the molecule is C[C@@H](NCCC(=O)OC(C)(C)C)c1ccccc1F. The molecule has 0 saturated heterocycles. The van der Waals surface area contributed by atoms with Gasteiger partial charge in [0.1, 0.15) is 11.4 Å². The van der Waals surface area contributed by atoms with E-state index >= 15 is 0 Å². The van der Waals surface area contributed by atoms with Crippen molar-refractivity contribution in [1.82, 2.24) is 5.32 Å². The molecule has 0 aliphatic rings. The first-order valence-electron chi connectivity index (χ1n) is 6.49. The summed E-state index contributed by atoms with van der Waals surface area (Å²) in [5, 5.41) is 3.12. The molecule has 1 aromatic carbocycles. The maximum Gasteiger partial charge on any atom is 0.307 e. The normalized spacial score (nSPS) is 13.1. The first-order chi connectivity index (χ1) is 8.79. The lowest BCUT2D eigenvalue weighted by molar-refractivity contribution is -0.154. The van der Waals surface area contributed by atoms with Gasteiger partial charge in [0.15, 0.2) is 0 Å². The number of hydrogen-bond acceptors (Lipinski definition) is 3. The molecule has 0 fully saturated rings. The molecular weight excluding hydrogens is 245 g/mol. The van der Waals surface area contributed by atoms with Gasteiger partial charge < -0.3 is 10.1 Å². The molecule has 0 aromatic heterocycles. The molecule has 0 heterocycles. The van der Waals surface area contributed by atoms with Crippen LogP contribution in [-0.4, -0.2) is 18.1 Å². The molecule has 0 unspecified atom stereocenters. The smallest absolute Gasteiger partial charge is 0.307 e. The predicted molar refractivity (Wildman–Crippen MR) is 73.3 cm³/mol. The molecule has 0 spiro atoms. The number of hydrogen-bond donors (Lipinski definition) is 1. The van der Waals surface area contributed by atoms with Crippen LogP contribution >= 0.6 is 0 Å². The van der Waals surface area contributed by atoms with Crippen molar-refractivity contribution < 1.29 is 13.9 Å². The fourth-order valence-corrected chi connectivity index (χ4v) is 1.72. The van der Waals surface area contributed by atoms with Crippen LogP contribution < -0.4 is 5.32 Å².